The summed E-state index contributed by atoms with van der Waals surface area (Å²) in [6.07, 6.45) is 2.77. The van der Waals surface area contributed by atoms with Crippen LogP contribution in [0.3, 0.4) is 0 Å². The second kappa shape index (κ2) is 11.3. The molecule has 0 aromatic heterocycles. The first-order valence-corrected chi connectivity index (χ1v) is 9.31. The van der Waals surface area contributed by atoms with Gasteiger partial charge < -0.3 is 18.9 Å². The Balaban J connectivity index is 2.29. The fourth-order valence-corrected chi connectivity index (χ4v) is 2.72. The van der Waals surface area contributed by atoms with E-state index < -0.39 is 23.9 Å². The SMILES string of the molecule is COC(=O)C(=Cc1ccc(-c2ccc(C=C(C(=O)OC)C(=O)OC)cc2)cc1)C(=O)OC. The molecule has 0 fully saturated rings. The summed E-state index contributed by atoms with van der Waals surface area (Å²) in [5.74, 6) is -3.16. The molecule has 0 bridgehead atoms. The molecule has 0 atom stereocenters. The van der Waals surface area contributed by atoms with Crippen LogP contribution in [-0.4, -0.2) is 52.3 Å². The molecule has 8 heteroatoms. The molecule has 0 saturated heterocycles. The van der Waals surface area contributed by atoms with Gasteiger partial charge in [-0.3, -0.25) is 0 Å². The van der Waals surface area contributed by atoms with Crippen LogP contribution in [0.5, 0.6) is 0 Å². The second-order valence-corrected chi connectivity index (χ2v) is 6.33. The molecular weight excluding hydrogens is 416 g/mol. The van der Waals surface area contributed by atoms with Crippen molar-refractivity contribution in [3.63, 3.8) is 0 Å². The fourth-order valence-electron chi connectivity index (χ4n) is 2.72. The number of hydrogen-bond donors (Lipinski definition) is 0. The number of ether oxygens (including phenoxy) is 4. The highest BCUT2D eigenvalue weighted by Gasteiger charge is 2.20. The molecule has 2 rings (SSSR count). The molecule has 2 aromatic rings. The summed E-state index contributed by atoms with van der Waals surface area (Å²) in [7, 11) is 4.72. The van der Waals surface area contributed by atoms with E-state index in [4.69, 9.17) is 0 Å². The van der Waals surface area contributed by atoms with Crippen LogP contribution in [0.25, 0.3) is 23.3 Å². The van der Waals surface area contributed by atoms with Gasteiger partial charge in [0.25, 0.3) is 0 Å². The average Bonchev–Trinajstić information content (AvgIpc) is 2.84. The van der Waals surface area contributed by atoms with E-state index >= 15 is 0 Å². The van der Waals surface area contributed by atoms with Gasteiger partial charge in [-0.2, -0.15) is 0 Å². The predicted molar refractivity (Wildman–Crippen MR) is 116 cm³/mol. The van der Waals surface area contributed by atoms with Gasteiger partial charge in [-0.15, -0.1) is 0 Å². The van der Waals surface area contributed by atoms with E-state index in [0.29, 0.717) is 11.1 Å². The zero-order valence-corrected chi connectivity index (χ0v) is 18.0. The maximum atomic E-state index is 11.8. The molecule has 2 aromatic carbocycles. The fraction of sp³-hybridized carbons (Fsp3) is 0.167. The average molecular weight is 438 g/mol. The van der Waals surface area contributed by atoms with E-state index in [2.05, 4.69) is 18.9 Å². The lowest BCUT2D eigenvalue weighted by molar-refractivity contribution is -0.145. The van der Waals surface area contributed by atoms with Gasteiger partial charge in [0.15, 0.2) is 0 Å². The summed E-state index contributed by atoms with van der Waals surface area (Å²) in [6.45, 7) is 0. The Morgan fingerprint density at radius 1 is 0.500 bits per heavy atom. The van der Waals surface area contributed by atoms with Crippen LogP contribution in [0.1, 0.15) is 11.1 Å². The Kier molecular flexibility index (Phi) is 8.47. The van der Waals surface area contributed by atoms with Gasteiger partial charge in [-0.1, -0.05) is 48.5 Å². The van der Waals surface area contributed by atoms with Gasteiger partial charge in [0.1, 0.15) is 11.1 Å². The molecule has 0 N–H and O–H groups in total. The Morgan fingerprint density at radius 2 is 0.750 bits per heavy atom. The van der Waals surface area contributed by atoms with Crippen molar-refractivity contribution in [1.29, 1.82) is 0 Å². The largest absolute Gasteiger partial charge is 0.465 e. The van der Waals surface area contributed by atoms with Gasteiger partial charge in [-0.05, 0) is 34.4 Å². The minimum atomic E-state index is -0.789. The van der Waals surface area contributed by atoms with Crippen molar-refractivity contribution < 1.29 is 38.1 Å². The highest BCUT2D eigenvalue weighted by Crippen LogP contribution is 2.22. The van der Waals surface area contributed by atoms with Gasteiger partial charge in [0.05, 0.1) is 28.4 Å². The molecule has 0 heterocycles. The molecule has 0 unspecified atom stereocenters. The summed E-state index contributed by atoms with van der Waals surface area (Å²) in [6, 6.07) is 14.2. The number of hydrogen-bond acceptors (Lipinski definition) is 8. The van der Waals surface area contributed by atoms with Crippen molar-refractivity contribution in [2.45, 2.75) is 0 Å². The van der Waals surface area contributed by atoms with Crippen LogP contribution in [0, 0.1) is 0 Å². The molecule has 0 aliphatic heterocycles. The van der Waals surface area contributed by atoms with Crippen LogP contribution in [-0.2, 0) is 38.1 Å². The molecule has 0 radical (unpaired) electrons. The van der Waals surface area contributed by atoms with E-state index in [1.54, 1.807) is 24.3 Å². The Labute approximate surface area is 185 Å². The third kappa shape index (κ3) is 5.91. The molecule has 0 saturated carbocycles. The summed E-state index contributed by atoms with van der Waals surface area (Å²) in [4.78, 5) is 47.1. The number of esters is 4. The lowest BCUT2D eigenvalue weighted by Gasteiger charge is -2.06. The molecule has 0 aliphatic carbocycles. The first-order chi connectivity index (χ1) is 15.3. The second-order valence-electron chi connectivity index (χ2n) is 6.33. The summed E-state index contributed by atoms with van der Waals surface area (Å²) >= 11 is 0. The van der Waals surface area contributed by atoms with Crippen LogP contribution in [0.2, 0.25) is 0 Å². The van der Waals surface area contributed by atoms with E-state index in [-0.39, 0.29) is 11.1 Å². The lowest BCUT2D eigenvalue weighted by Crippen LogP contribution is -2.15. The van der Waals surface area contributed by atoms with Crippen LogP contribution in [0.15, 0.2) is 59.7 Å². The first-order valence-electron chi connectivity index (χ1n) is 9.31. The summed E-state index contributed by atoms with van der Waals surface area (Å²) < 4.78 is 18.4. The van der Waals surface area contributed by atoms with Crippen molar-refractivity contribution in [1.82, 2.24) is 0 Å². The molecule has 32 heavy (non-hydrogen) atoms. The smallest absolute Gasteiger partial charge is 0.345 e. The maximum absolute atomic E-state index is 11.8. The van der Waals surface area contributed by atoms with Gasteiger partial charge in [0.2, 0.25) is 0 Å². The molecule has 0 aliphatic rings. The lowest BCUT2D eigenvalue weighted by atomic mass is 10.0. The first kappa shape index (κ1) is 24.1. The van der Waals surface area contributed by atoms with Crippen LogP contribution in [0.4, 0.5) is 0 Å². The van der Waals surface area contributed by atoms with Crippen molar-refractivity contribution in [2.75, 3.05) is 28.4 Å². The Bertz CT molecular complexity index is 937. The third-order valence-corrected chi connectivity index (χ3v) is 4.40. The molecule has 0 amide bonds. The molecule has 0 spiro atoms. The minimum absolute atomic E-state index is 0.217. The zero-order chi connectivity index (χ0) is 23.7. The third-order valence-electron chi connectivity index (χ3n) is 4.40. The Morgan fingerprint density at radius 3 is 0.969 bits per heavy atom. The number of carbonyl (C=O) groups excluding carboxylic acids is 4. The summed E-state index contributed by atoms with van der Waals surface area (Å²) in [5.41, 5.74) is 2.53. The number of benzene rings is 2. The Hall–Kier alpha value is -4.20. The predicted octanol–water partition coefficient (Wildman–Crippen LogP) is 2.81. The van der Waals surface area contributed by atoms with Gasteiger partial charge >= 0.3 is 23.9 Å². The quantitative estimate of drug-likeness (QED) is 0.214. The van der Waals surface area contributed by atoms with Crippen molar-refractivity contribution in [3.05, 3.63) is 70.8 Å². The topological polar surface area (TPSA) is 105 Å². The van der Waals surface area contributed by atoms with Gasteiger partial charge in [0, 0.05) is 0 Å². The molecule has 166 valence electrons. The number of rotatable bonds is 7. The van der Waals surface area contributed by atoms with E-state index in [1.165, 1.54) is 40.6 Å². The normalized spacial score (nSPS) is 9.75. The van der Waals surface area contributed by atoms with Crippen molar-refractivity contribution >= 4 is 36.0 Å². The van der Waals surface area contributed by atoms with E-state index in [9.17, 15) is 19.2 Å². The summed E-state index contributed by atoms with van der Waals surface area (Å²) in [5, 5.41) is 0. The maximum Gasteiger partial charge on any atom is 0.345 e. The standard InChI is InChI=1S/C24H22O8/c1-29-21(25)19(22(26)30-2)13-15-5-9-17(10-6-15)18-11-7-16(8-12-18)14-20(23(27)31-3)24(28)32-4/h5-14H,1-4H3. The van der Waals surface area contributed by atoms with E-state index in [0.717, 1.165) is 11.1 Å². The van der Waals surface area contributed by atoms with Gasteiger partial charge in [-0.25, -0.2) is 19.2 Å². The molecule has 8 nitrogen and oxygen atoms in total. The van der Waals surface area contributed by atoms with E-state index in [1.807, 2.05) is 24.3 Å². The van der Waals surface area contributed by atoms with Crippen molar-refractivity contribution in [2.24, 2.45) is 0 Å². The monoisotopic (exact) mass is 438 g/mol. The van der Waals surface area contributed by atoms with Crippen LogP contribution >= 0.6 is 0 Å². The zero-order valence-electron chi connectivity index (χ0n) is 18.0. The highest BCUT2D eigenvalue weighted by atomic mass is 16.5. The highest BCUT2D eigenvalue weighted by molar-refractivity contribution is 6.18. The van der Waals surface area contributed by atoms with Crippen LogP contribution < -0.4 is 0 Å². The van der Waals surface area contributed by atoms with Crippen molar-refractivity contribution in [3.8, 4) is 11.1 Å². The molecular formula is C24H22O8. The number of methoxy groups -OCH3 is 4. The minimum Gasteiger partial charge on any atom is -0.465 e. The number of carbonyl (C=O) groups is 4.